The molecule has 1 amide bonds. The molecule has 0 saturated heterocycles. The minimum Gasteiger partial charge on any atom is -0.365 e. The van der Waals surface area contributed by atoms with Gasteiger partial charge in [-0.2, -0.15) is 4.98 Å². The normalized spacial score (nSPS) is 11.6. The Kier molecular flexibility index (Phi) is 5.06. The molecule has 1 atom stereocenters. The number of anilines is 3. The quantitative estimate of drug-likeness (QED) is 0.519. The van der Waals surface area contributed by atoms with E-state index in [0.29, 0.717) is 5.69 Å². The van der Waals surface area contributed by atoms with Crippen LogP contribution in [0.2, 0.25) is 0 Å². The summed E-state index contributed by atoms with van der Waals surface area (Å²) in [5.41, 5.74) is 5.87. The first-order valence-electron chi connectivity index (χ1n) is 7.93. The van der Waals surface area contributed by atoms with Crippen molar-refractivity contribution in [1.29, 1.82) is 0 Å². The van der Waals surface area contributed by atoms with Crippen molar-refractivity contribution < 1.29 is 9.18 Å². The summed E-state index contributed by atoms with van der Waals surface area (Å²) in [6, 6.07) is 5.60. The van der Waals surface area contributed by atoms with Crippen molar-refractivity contribution in [1.82, 2.24) is 19.9 Å². The van der Waals surface area contributed by atoms with Crippen molar-refractivity contribution in [2.45, 2.75) is 13.0 Å². The van der Waals surface area contributed by atoms with Crippen LogP contribution in [0.4, 0.5) is 21.8 Å². The first-order chi connectivity index (χ1) is 12.9. The van der Waals surface area contributed by atoms with Gasteiger partial charge in [0.1, 0.15) is 17.3 Å². The standard InChI is InChI=1S/C17H16FN7O2/c1-9(12-5-4-10(18)7-21-12)23-15-11(14(19)26)8-22-17(25-15)24-13-3-2-6-20-16(13)27/h2-9H,1H3,(H2,19,26)(H,20,27)(H2,22,23,24,25). The molecule has 0 aliphatic heterocycles. The molecule has 0 aromatic carbocycles. The van der Waals surface area contributed by atoms with Gasteiger partial charge in [0.25, 0.3) is 11.5 Å². The minimum absolute atomic E-state index is 0.0662. The maximum absolute atomic E-state index is 13.0. The average Bonchev–Trinajstić information content (AvgIpc) is 2.64. The highest BCUT2D eigenvalue weighted by Crippen LogP contribution is 2.21. The number of pyridine rings is 2. The highest BCUT2D eigenvalue weighted by molar-refractivity contribution is 5.97. The monoisotopic (exact) mass is 369 g/mol. The number of aromatic amines is 1. The van der Waals surface area contributed by atoms with Gasteiger partial charge in [-0.1, -0.05) is 0 Å². The van der Waals surface area contributed by atoms with E-state index in [1.54, 1.807) is 19.1 Å². The summed E-state index contributed by atoms with van der Waals surface area (Å²) in [6.45, 7) is 1.77. The van der Waals surface area contributed by atoms with E-state index in [-0.39, 0.29) is 28.6 Å². The van der Waals surface area contributed by atoms with E-state index < -0.39 is 17.8 Å². The van der Waals surface area contributed by atoms with E-state index in [1.807, 2.05) is 0 Å². The van der Waals surface area contributed by atoms with Crippen LogP contribution in [-0.4, -0.2) is 25.8 Å². The number of amides is 1. The van der Waals surface area contributed by atoms with Gasteiger partial charge in [-0.05, 0) is 31.2 Å². The molecule has 3 aromatic rings. The van der Waals surface area contributed by atoms with Crippen molar-refractivity contribution in [3.63, 3.8) is 0 Å². The van der Waals surface area contributed by atoms with Crippen LogP contribution in [0.5, 0.6) is 0 Å². The summed E-state index contributed by atoms with van der Waals surface area (Å²) in [5, 5.41) is 5.78. The largest absolute Gasteiger partial charge is 0.365 e. The molecule has 0 aliphatic carbocycles. The number of hydrogen-bond acceptors (Lipinski definition) is 7. The van der Waals surface area contributed by atoms with Crippen molar-refractivity contribution in [2.24, 2.45) is 5.73 Å². The van der Waals surface area contributed by atoms with E-state index in [9.17, 15) is 14.0 Å². The van der Waals surface area contributed by atoms with Gasteiger partial charge in [0, 0.05) is 12.4 Å². The lowest BCUT2D eigenvalue weighted by Crippen LogP contribution is -2.19. The molecular formula is C17H16FN7O2. The van der Waals surface area contributed by atoms with Gasteiger partial charge in [-0.3, -0.25) is 14.6 Å². The highest BCUT2D eigenvalue weighted by atomic mass is 19.1. The van der Waals surface area contributed by atoms with Crippen LogP contribution in [0.3, 0.4) is 0 Å². The van der Waals surface area contributed by atoms with Gasteiger partial charge >= 0.3 is 0 Å². The Balaban J connectivity index is 1.90. The molecule has 0 fully saturated rings. The van der Waals surface area contributed by atoms with Crippen LogP contribution in [0.1, 0.15) is 29.0 Å². The Morgan fingerprint density at radius 1 is 1.26 bits per heavy atom. The van der Waals surface area contributed by atoms with Crippen LogP contribution in [0.25, 0.3) is 0 Å². The summed E-state index contributed by atoms with van der Waals surface area (Å²) >= 11 is 0. The molecule has 27 heavy (non-hydrogen) atoms. The highest BCUT2D eigenvalue weighted by Gasteiger charge is 2.16. The second-order valence-electron chi connectivity index (χ2n) is 5.63. The Bertz CT molecular complexity index is 1020. The lowest BCUT2D eigenvalue weighted by Gasteiger charge is -2.16. The molecular weight excluding hydrogens is 353 g/mol. The van der Waals surface area contributed by atoms with Gasteiger partial charge in [-0.15, -0.1) is 0 Å². The number of H-pyrrole nitrogens is 1. The third-order valence-electron chi connectivity index (χ3n) is 3.67. The summed E-state index contributed by atoms with van der Waals surface area (Å²) in [5.74, 6) is -0.921. The fourth-order valence-corrected chi connectivity index (χ4v) is 2.30. The van der Waals surface area contributed by atoms with Crippen molar-refractivity contribution in [2.75, 3.05) is 10.6 Å². The second-order valence-corrected chi connectivity index (χ2v) is 5.63. The van der Waals surface area contributed by atoms with Crippen molar-refractivity contribution in [3.8, 4) is 0 Å². The number of aromatic nitrogens is 4. The maximum Gasteiger partial charge on any atom is 0.271 e. The number of hydrogen-bond donors (Lipinski definition) is 4. The number of nitrogens with one attached hydrogen (secondary N) is 3. The van der Waals surface area contributed by atoms with Crippen LogP contribution < -0.4 is 21.9 Å². The first-order valence-corrected chi connectivity index (χ1v) is 7.93. The zero-order valence-corrected chi connectivity index (χ0v) is 14.2. The van der Waals surface area contributed by atoms with Crippen molar-refractivity contribution >= 4 is 23.4 Å². The molecule has 0 spiro atoms. The smallest absolute Gasteiger partial charge is 0.271 e. The minimum atomic E-state index is -0.721. The molecule has 3 aromatic heterocycles. The Labute approximate surface area is 152 Å². The van der Waals surface area contributed by atoms with E-state index in [2.05, 4.69) is 30.6 Å². The molecule has 138 valence electrons. The fraction of sp³-hybridized carbons (Fsp3) is 0.118. The number of nitrogens with zero attached hydrogens (tertiary/aromatic N) is 3. The summed E-state index contributed by atoms with van der Waals surface area (Å²) in [6.07, 6.45) is 3.84. The van der Waals surface area contributed by atoms with Gasteiger partial charge in [0.05, 0.1) is 23.5 Å². The van der Waals surface area contributed by atoms with Crippen LogP contribution in [0, 0.1) is 5.82 Å². The number of halogens is 1. The number of primary amides is 1. The predicted octanol–water partition coefficient (Wildman–Crippen LogP) is 1.71. The van der Waals surface area contributed by atoms with Crippen LogP contribution in [-0.2, 0) is 0 Å². The number of nitrogens with two attached hydrogens (primary N) is 1. The number of carbonyl (C=O) groups is 1. The Morgan fingerprint density at radius 3 is 2.74 bits per heavy atom. The first kappa shape index (κ1) is 18.0. The van der Waals surface area contributed by atoms with Gasteiger partial charge in [0.15, 0.2) is 0 Å². The molecule has 0 radical (unpaired) electrons. The molecule has 0 aliphatic rings. The molecule has 0 saturated carbocycles. The third kappa shape index (κ3) is 4.24. The summed E-state index contributed by atoms with van der Waals surface area (Å²) < 4.78 is 13.0. The average molecular weight is 369 g/mol. The summed E-state index contributed by atoms with van der Waals surface area (Å²) in [7, 11) is 0. The zero-order chi connectivity index (χ0) is 19.4. The molecule has 0 bridgehead atoms. The Hall–Kier alpha value is -3.82. The molecule has 5 N–H and O–H groups in total. The predicted molar refractivity (Wildman–Crippen MR) is 97.1 cm³/mol. The molecule has 9 nitrogen and oxygen atoms in total. The topological polar surface area (TPSA) is 139 Å². The Morgan fingerprint density at radius 2 is 2.07 bits per heavy atom. The molecule has 1 unspecified atom stereocenters. The maximum atomic E-state index is 13.0. The lowest BCUT2D eigenvalue weighted by atomic mass is 10.2. The third-order valence-corrected chi connectivity index (χ3v) is 3.67. The van der Waals surface area contributed by atoms with E-state index in [1.165, 1.54) is 24.5 Å². The van der Waals surface area contributed by atoms with Crippen molar-refractivity contribution in [3.05, 3.63) is 70.3 Å². The lowest BCUT2D eigenvalue weighted by molar-refractivity contribution is 0.100. The van der Waals surface area contributed by atoms with Gasteiger partial charge in [-0.25, -0.2) is 9.37 Å². The van der Waals surface area contributed by atoms with E-state index in [0.717, 1.165) is 6.20 Å². The summed E-state index contributed by atoms with van der Waals surface area (Å²) in [4.78, 5) is 38.2. The number of rotatable bonds is 6. The zero-order valence-electron chi connectivity index (χ0n) is 14.2. The SMILES string of the molecule is CC(Nc1nc(Nc2ccc[nH]c2=O)ncc1C(N)=O)c1ccc(F)cn1. The van der Waals surface area contributed by atoms with E-state index >= 15 is 0 Å². The van der Waals surface area contributed by atoms with E-state index in [4.69, 9.17) is 5.73 Å². The van der Waals surface area contributed by atoms with Gasteiger partial charge in [0.2, 0.25) is 5.95 Å². The van der Waals surface area contributed by atoms with Gasteiger partial charge < -0.3 is 21.4 Å². The number of carbonyl (C=O) groups excluding carboxylic acids is 1. The second kappa shape index (κ2) is 7.60. The molecule has 3 rings (SSSR count). The fourth-order valence-electron chi connectivity index (χ4n) is 2.30. The van der Waals surface area contributed by atoms with Crippen LogP contribution >= 0.6 is 0 Å². The molecule has 10 heteroatoms. The molecule has 3 heterocycles. The van der Waals surface area contributed by atoms with Crippen LogP contribution in [0.15, 0.2) is 47.7 Å².